The first-order chi connectivity index (χ1) is 9.15. The molecule has 0 aliphatic heterocycles. The number of rotatable bonds is 7. The molecule has 0 saturated carbocycles. The summed E-state index contributed by atoms with van der Waals surface area (Å²) in [5.41, 5.74) is 1.00. The van der Waals surface area contributed by atoms with Gasteiger partial charge < -0.3 is 10.1 Å². The molecule has 0 spiro atoms. The highest BCUT2D eigenvalue weighted by Crippen LogP contribution is 2.28. The molecule has 0 saturated heterocycles. The van der Waals surface area contributed by atoms with Crippen molar-refractivity contribution in [1.29, 1.82) is 0 Å². The topological polar surface area (TPSA) is 34.1 Å². The van der Waals surface area contributed by atoms with E-state index in [1.807, 2.05) is 18.2 Å². The van der Waals surface area contributed by atoms with Gasteiger partial charge in [-0.3, -0.25) is 0 Å². The number of halogens is 1. The quantitative estimate of drug-likeness (QED) is 0.761. The number of hydrogen-bond acceptors (Lipinski definition) is 4. The van der Waals surface area contributed by atoms with E-state index >= 15 is 0 Å². The van der Waals surface area contributed by atoms with Crippen molar-refractivity contribution in [3.05, 3.63) is 23.2 Å². The standard InChI is InChI=1S/C14H19ClN2OS/c1-10(2)18-8-4-3-7-16-14-17-12-6-5-11(15)9-13(12)19-14/h5-6,9-10H,3-4,7-8H2,1-2H3,(H,16,17). The van der Waals surface area contributed by atoms with Gasteiger partial charge in [0.1, 0.15) is 0 Å². The number of nitrogens with zero attached hydrogens (tertiary/aromatic N) is 1. The Hall–Kier alpha value is -0.840. The molecule has 0 fully saturated rings. The van der Waals surface area contributed by atoms with Crippen LogP contribution in [0, 0.1) is 0 Å². The summed E-state index contributed by atoms with van der Waals surface area (Å²) in [4.78, 5) is 4.52. The summed E-state index contributed by atoms with van der Waals surface area (Å²) < 4.78 is 6.62. The van der Waals surface area contributed by atoms with E-state index in [2.05, 4.69) is 24.1 Å². The highest BCUT2D eigenvalue weighted by Gasteiger charge is 2.03. The Labute approximate surface area is 122 Å². The van der Waals surface area contributed by atoms with Gasteiger partial charge in [0.2, 0.25) is 0 Å². The minimum atomic E-state index is 0.321. The van der Waals surface area contributed by atoms with Crippen LogP contribution in [0.4, 0.5) is 5.13 Å². The number of aromatic nitrogens is 1. The van der Waals surface area contributed by atoms with Crippen molar-refractivity contribution in [1.82, 2.24) is 4.98 Å². The molecule has 1 heterocycles. The van der Waals surface area contributed by atoms with Crippen LogP contribution in [-0.2, 0) is 4.74 Å². The second kappa shape index (κ2) is 7.08. The summed E-state index contributed by atoms with van der Waals surface area (Å²) in [6.45, 7) is 5.87. The Morgan fingerprint density at radius 2 is 2.21 bits per heavy atom. The molecule has 0 radical (unpaired) electrons. The van der Waals surface area contributed by atoms with Crippen LogP contribution in [-0.4, -0.2) is 24.2 Å². The zero-order chi connectivity index (χ0) is 13.7. The lowest BCUT2D eigenvalue weighted by molar-refractivity contribution is 0.0765. The summed E-state index contributed by atoms with van der Waals surface area (Å²) in [6.07, 6.45) is 2.48. The van der Waals surface area contributed by atoms with Crippen LogP contribution in [0.3, 0.4) is 0 Å². The molecule has 0 atom stereocenters. The van der Waals surface area contributed by atoms with Gasteiger partial charge in [0.05, 0.1) is 16.3 Å². The Morgan fingerprint density at radius 1 is 1.37 bits per heavy atom. The van der Waals surface area contributed by atoms with Gasteiger partial charge in [-0.05, 0) is 44.9 Å². The van der Waals surface area contributed by atoms with Crippen molar-refractivity contribution in [3.63, 3.8) is 0 Å². The fourth-order valence-electron chi connectivity index (χ4n) is 1.72. The van der Waals surface area contributed by atoms with Gasteiger partial charge in [-0.15, -0.1) is 0 Å². The van der Waals surface area contributed by atoms with Gasteiger partial charge in [0, 0.05) is 18.2 Å². The molecule has 104 valence electrons. The summed E-state index contributed by atoms with van der Waals surface area (Å²) in [5, 5.41) is 5.07. The molecule has 1 N–H and O–H groups in total. The first-order valence-corrected chi connectivity index (χ1v) is 7.76. The van der Waals surface area contributed by atoms with E-state index in [1.165, 1.54) is 0 Å². The second-order valence-electron chi connectivity index (χ2n) is 4.68. The van der Waals surface area contributed by atoms with Crippen molar-refractivity contribution in [2.45, 2.75) is 32.8 Å². The monoisotopic (exact) mass is 298 g/mol. The fraction of sp³-hybridized carbons (Fsp3) is 0.500. The molecule has 0 bridgehead atoms. The molecule has 2 rings (SSSR count). The molecule has 0 aliphatic carbocycles. The number of benzene rings is 1. The van der Waals surface area contributed by atoms with E-state index in [0.29, 0.717) is 6.10 Å². The number of anilines is 1. The predicted octanol–water partition coefficient (Wildman–Crippen LogP) is 4.57. The third-order valence-electron chi connectivity index (χ3n) is 2.65. The average Bonchev–Trinajstić information content (AvgIpc) is 2.75. The normalized spacial score (nSPS) is 11.4. The summed E-state index contributed by atoms with van der Waals surface area (Å²) in [5.74, 6) is 0. The molecule has 0 amide bonds. The van der Waals surface area contributed by atoms with E-state index in [9.17, 15) is 0 Å². The maximum atomic E-state index is 5.96. The van der Waals surface area contributed by atoms with E-state index < -0.39 is 0 Å². The van der Waals surface area contributed by atoms with Crippen molar-refractivity contribution in [2.24, 2.45) is 0 Å². The number of nitrogens with one attached hydrogen (secondary N) is 1. The molecule has 1 aromatic carbocycles. The van der Waals surface area contributed by atoms with Crippen molar-refractivity contribution in [2.75, 3.05) is 18.5 Å². The van der Waals surface area contributed by atoms with Crippen LogP contribution in [0.15, 0.2) is 18.2 Å². The van der Waals surface area contributed by atoms with Gasteiger partial charge in [-0.2, -0.15) is 0 Å². The molecular formula is C14H19ClN2OS. The van der Waals surface area contributed by atoms with Crippen molar-refractivity contribution < 1.29 is 4.74 Å². The molecule has 3 nitrogen and oxygen atoms in total. The Morgan fingerprint density at radius 3 is 3.00 bits per heavy atom. The molecule has 0 unspecified atom stereocenters. The van der Waals surface area contributed by atoms with Gasteiger partial charge in [0.25, 0.3) is 0 Å². The average molecular weight is 299 g/mol. The maximum absolute atomic E-state index is 5.96. The van der Waals surface area contributed by atoms with E-state index in [0.717, 1.165) is 46.4 Å². The van der Waals surface area contributed by atoms with E-state index in [4.69, 9.17) is 16.3 Å². The van der Waals surface area contributed by atoms with Crippen molar-refractivity contribution >= 4 is 38.3 Å². The van der Waals surface area contributed by atoms with Crippen LogP contribution in [0.25, 0.3) is 10.2 Å². The van der Waals surface area contributed by atoms with Gasteiger partial charge in [-0.25, -0.2) is 4.98 Å². The fourth-order valence-corrected chi connectivity index (χ4v) is 2.88. The number of hydrogen-bond donors (Lipinski definition) is 1. The van der Waals surface area contributed by atoms with Crippen LogP contribution < -0.4 is 5.32 Å². The highest BCUT2D eigenvalue weighted by molar-refractivity contribution is 7.22. The summed E-state index contributed by atoms with van der Waals surface area (Å²) in [7, 11) is 0. The van der Waals surface area contributed by atoms with Crippen LogP contribution in [0.5, 0.6) is 0 Å². The lowest BCUT2D eigenvalue weighted by atomic mass is 10.3. The van der Waals surface area contributed by atoms with Gasteiger partial charge in [-0.1, -0.05) is 22.9 Å². The zero-order valence-corrected chi connectivity index (χ0v) is 12.9. The first-order valence-electron chi connectivity index (χ1n) is 6.57. The van der Waals surface area contributed by atoms with E-state index in [1.54, 1.807) is 11.3 Å². The van der Waals surface area contributed by atoms with Gasteiger partial charge >= 0.3 is 0 Å². The van der Waals surface area contributed by atoms with Crippen molar-refractivity contribution in [3.8, 4) is 0 Å². The number of thiazole rings is 1. The Balaban J connectivity index is 1.75. The SMILES string of the molecule is CC(C)OCCCCNc1nc2ccc(Cl)cc2s1. The maximum Gasteiger partial charge on any atom is 0.183 e. The molecule has 5 heteroatoms. The molecule has 2 aromatic rings. The molecular weight excluding hydrogens is 280 g/mol. The second-order valence-corrected chi connectivity index (χ2v) is 6.15. The molecule has 1 aromatic heterocycles. The summed E-state index contributed by atoms with van der Waals surface area (Å²) in [6, 6.07) is 5.78. The number of unbranched alkanes of at least 4 members (excludes halogenated alkanes) is 1. The lowest BCUT2D eigenvalue weighted by Crippen LogP contribution is -2.06. The predicted molar refractivity (Wildman–Crippen MR) is 83.4 cm³/mol. The number of fused-ring (bicyclic) bond motifs is 1. The van der Waals surface area contributed by atoms with Crippen LogP contribution >= 0.6 is 22.9 Å². The molecule has 19 heavy (non-hydrogen) atoms. The summed E-state index contributed by atoms with van der Waals surface area (Å²) >= 11 is 7.60. The van der Waals surface area contributed by atoms with Crippen LogP contribution in [0.1, 0.15) is 26.7 Å². The third-order valence-corrected chi connectivity index (χ3v) is 3.86. The largest absolute Gasteiger partial charge is 0.379 e. The Bertz CT molecular complexity index is 527. The van der Waals surface area contributed by atoms with E-state index in [-0.39, 0.29) is 0 Å². The minimum absolute atomic E-state index is 0.321. The number of ether oxygens (including phenoxy) is 1. The molecule has 0 aliphatic rings. The lowest BCUT2D eigenvalue weighted by Gasteiger charge is -2.07. The Kier molecular flexibility index (Phi) is 5.43. The third kappa shape index (κ3) is 4.64. The highest BCUT2D eigenvalue weighted by atomic mass is 35.5. The smallest absolute Gasteiger partial charge is 0.183 e. The zero-order valence-electron chi connectivity index (χ0n) is 11.3. The van der Waals surface area contributed by atoms with Crippen LogP contribution in [0.2, 0.25) is 5.02 Å². The van der Waals surface area contributed by atoms with Gasteiger partial charge in [0.15, 0.2) is 5.13 Å². The first kappa shape index (κ1) is 14.6. The minimum Gasteiger partial charge on any atom is -0.379 e.